The van der Waals surface area contributed by atoms with Gasteiger partial charge < -0.3 is 4.90 Å². The van der Waals surface area contributed by atoms with Crippen molar-refractivity contribution in [2.45, 2.75) is 52.0 Å². The number of nitrogens with zero attached hydrogens (tertiary/aromatic N) is 1. The second-order valence-corrected chi connectivity index (χ2v) is 5.18. The van der Waals surface area contributed by atoms with E-state index in [2.05, 4.69) is 38.4 Å². The molecule has 0 aromatic heterocycles. The third-order valence-electron chi connectivity index (χ3n) is 4.12. The van der Waals surface area contributed by atoms with Crippen LogP contribution < -0.4 is 0 Å². The Balaban J connectivity index is 2.44. The zero-order valence-corrected chi connectivity index (χ0v) is 10.8. The lowest BCUT2D eigenvalue weighted by atomic mass is 9.82. The molecule has 1 saturated carbocycles. The van der Waals surface area contributed by atoms with Crippen LogP contribution in [-0.2, 0) is 0 Å². The maximum atomic E-state index is 4.53. The molecule has 0 aliphatic heterocycles. The predicted molar refractivity (Wildman–Crippen MR) is 67.1 cm³/mol. The molecule has 1 fully saturated rings. The zero-order chi connectivity index (χ0) is 10.6. The highest BCUT2D eigenvalue weighted by atomic mass is 32.1. The molecular formula is C12H25NS. The van der Waals surface area contributed by atoms with Gasteiger partial charge in [0.05, 0.1) is 0 Å². The minimum absolute atomic E-state index is 0.452. The average Bonchev–Trinajstić information content (AvgIpc) is 2.11. The molecule has 1 nitrogen and oxygen atoms in total. The van der Waals surface area contributed by atoms with E-state index in [0.717, 1.165) is 11.8 Å². The number of hydrogen-bond acceptors (Lipinski definition) is 2. The molecule has 1 rings (SSSR count). The lowest BCUT2D eigenvalue weighted by molar-refractivity contribution is 0.0988. The largest absolute Gasteiger partial charge is 0.303 e. The van der Waals surface area contributed by atoms with Gasteiger partial charge in [0.25, 0.3) is 0 Å². The van der Waals surface area contributed by atoms with Gasteiger partial charge in [0.15, 0.2) is 0 Å². The van der Waals surface area contributed by atoms with E-state index < -0.39 is 0 Å². The Morgan fingerprint density at radius 1 is 1.29 bits per heavy atom. The molecule has 84 valence electrons. The average molecular weight is 215 g/mol. The van der Waals surface area contributed by atoms with Gasteiger partial charge in [0.1, 0.15) is 0 Å². The summed E-state index contributed by atoms with van der Waals surface area (Å²) >= 11 is 4.53. The fourth-order valence-electron chi connectivity index (χ4n) is 2.23. The summed E-state index contributed by atoms with van der Waals surface area (Å²) in [4.78, 5) is 2.56. The molecule has 0 aromatic carbocycles. The molecule has 0 amide bonds. The Bertz CT molecular complexity index is 153. The van der Waals surface area contributed by atoms with Gasteiger partial charge in [0.2, 0.25) is 0 Å². The van der Waals surface area contributed by atoms with Crippen molar-refractivity contribution in [2.24, 2.45) is 5.41 Å². The van der Waals surface area contributed by atoms with Gasteiger partial charge in [-0.2, -0.15) is 12.6 Å². The maximum Gasteiger partial charge on any atom is 0.00924 e. The summed E-state index contributed by atoms with van der Waals surface area (Å²) in [7, 11) is 2.29. The van der Waals surface area contributed by atoms with Crippen LogP contribution in [0.15, 0.2) is 0 Å². The predicted octanol–water partition coefficient (Wildman–Crippen LogP) is 3.21. The van der Waals surface area contributed by atoms with Crippen molar-refractivity contribution in [3.63, 3.8) is 0 Å². The van der Waals surface area contributed by atoms with Crippen molar-refractivity contribution in [3.05, 3.63) is 0 Å². The molecule has 0 saturated heterocycles. The lowest BCUT2D eigenvalue weighted by Gasteiger charge is -2.41. The summed E-state index contributed by atoms with van der Waals surface area (Å²) in [6.45, 7) is 5.83. The first-order valence-corrected chi connectivity index (χ1v) is 6.62. The van der Waals surface area contributed by atoms with Gasteiger partial charge in [-0.05, 0) is 43.9 Å². The van der Waals surface area contributed by atoms with E-state index in [4.69, 9.17) is 0 Å². The Hall–Kier alpha value is 0.310. The number of hydrogen-bond donors (Lipinski definition) is 1. The van der Waals surface area contributed by atoms with Crippen LogP contribution in [0.25, 0.3) is 0 Å². The van der Waals surface area contributed by atoms with Gasteiger partial charge in [-0.25, -0.2) is 0 Å². The van der Waals surface area contributed by atoms with Gasteiger partial charge in [-0.15, -0.1) is 0 Å². The molecule has 0 heterocycles. The lowest BCUT2D eigenvalue weighted by Crippen LogP contribution is -2.44. The first kappa shape index (κ1) is 12.4. The van der Waals surface area contributed by atoms with E-state index in [1.54, 1.807) is 0 Å². The van der Waals surface area contributed by atoms with Crippen molar-refractivity contribution in [2.75, 3.05) is 19.3 Å². The van der Waals surface area contributed by atoms with Crippen LogP contribution in [0.2, 0.25) is 0 Å². The number of rotatable bonds is 6. The zero-order valence-electron chi connectivity index (χ0n) is 9.92. The van der Waals surface area contributed by atoms with Crippen molar-refractivity contribution in [1.82, 2.24) is 4.90 Å². The Labute approximate surface area is 94.7 Å². The van der Waals surface area contributed by atoms with Crippen molar-refractivity contribution >= 4 is 12.6 Å². The fourth-order valence-corrected chi connectivity index (χ4v) is 2.78. The Morgan fingerprint density at radius 2 is 1.86 bits per heavy atom. The monoisotopic (exact) mass is 215 g/mol. The SMILES string of the molecule is CCC(CC)(CS)CN(C)C1CCC1. The topological polar surface area (TPSA) is 3.24 Å². The van der Waals surface area contributed by atoms with E-state index in [1.165, 1.54) is 38.6 Å². The van der Waals surface area contributed by atoms with E-state index in [-0.39, 0.29) is 0 Å². The first-order valence-electron chi connectivity index (χ1n) is 5.98. The molecular weight excluding hydrogens is 190 g/mol. The van der Waals surface area contributed by atoms with Crippen molar-refractivity contribution < 1.29 is 0 Å². The van der Waals surface area contributed by atoms with E-state index in [1.807, 2.05) is 0 Å². The minimum Gasteiger partial charge on any atom is -0.303 e. The van der Waals surface area contributed by atoms with Crippen LogP contribution >= 0.6 is 12.6 Å². The smallest absolute Gasteiger partial charge is 0.00924 e. The van der Waals surface area contributed by atoms with Gasteiger partial charge >= 0.3 is 0 Å². The molecule has 0 spiro atoms. The molecule has 14 heavy (non-hydrogen) atoms. The Kier molecular flexibility index (Phi) is 4.78. The van der Waals surface area contributed by atoms with Crippen LogP contribution in [-0.4, -0.2) is 30.3 Å². The maximum absolute atomic E-state index is 4.53. The standard InChI is InChI=1S/C12H25NS/c1-4-12(5-2,10-14)9-13(3)11-7-6-8-11/h11,14H,4-10H2,1-3H3. The molecule has 2 heteroatoms. The Morgan fingerprint density at radius 3 is 2.14 bits per heavy atom. The van der Waals surface area contributed by atoms with E-state index >= 15 is 0 Å². The summed E-state index contributed by atoms with van der Waals surface area (Å²) in [6.07, 6.45) is 6.76. The molecule has 0 radical (unpaired) electrons. The van der Waals surface area contributed by atoms with Crippen LogP contribution in [0.3, 0.4) is 0 Å². The molecule has 0 aromatic rings. The highest BCUT2D eigenvalue weighted by Crippen LogP contribution is 2.32. The third-order valence-corrected chi connectivity index (χ3v) is 4.79. The molecule has 0 N–H and O–H groups in total. The molecule has 1 aliphatic rings. The van der Waals surface area contributed by atoms with Crippen molar-refractivity contribution in [1.29, 1.82) is 0 Å². The van der Waals surface area contributed by atoms with E-state index in [9.17, 15) is 0 Å². The third kappa shape index (κ3) is 2.66. The van der Waals surface area contributed by atoms with Crippen molar-refractivity contribution in [3.8, 4) is 0 Å². The summed E-state index contributed by atoms with van der Waals surface area (Å²) in [6, 6.07) is 0.868. The van der Waals surface area contributed by atoms with Crippen LogP contribution in [0.1, 0.15) is 46.0 Å². The van der Waals surface area contributed by atoms with Crippen LogP contribution in [0.4, 0.5) is 0 Å². The first-order chi connectivity index (χ1) is 6.67. The molecule has 0 atom stereocenters. The molecule has 1 aliphatic carbocycles. The molecule has 0 unspecified atom stereocenters. The van der Waals surface area contributed by atoms with E-state index in [0.29, 0.717) is 5.41 Å². The second kappa shape index (κ2) is 5.41. The van der Waals surface area contributed by atoms with Gasteiger partial charge in [0, 0.05) is 12.6 Å². The van der Waals surface area contributed by atoms with Gasteiger partial charge in [-0.1, -0.05) is 20.3 Å². The summed E-state index contributed by atoms with van der Waals surface area (Å²) in [5.41, 5.74) is 0.452. The van der Waals surface area contributed by atoms with Gasteiger partial charge in [-0.3, -0.25) is 0 Å². The number of thiol groups is 1. The highest BCUT2D eigenvalue weighted by molar-refractivity contribution is 7.80. The second-order valence-electron chi connectivity index (χ2n) is 4.87. The quantitative estimate of drug-likeness (QED) is 0.666. The summed E-state index contributed by atoms with van der Waals surface area (Å²) in [5, 5.41) is 0. The molecule has 0 bridgehead atoms. The summed E-state index contributed by atoms with van der Waals surface area (Å²) < 4.78 is 0. The van der Waals surface area contributed by atoms with Crippen LogP contribution in [0, 0.1) is 5.41 Å². The summed E-state index contributed by atoms with van der Waals surface area (Å²) in [5.74, 6) is 1.02. The minimum atomic E-state index is 0.452. The van der Waals surface area contributed by atoms with Crippen LogP contribution in [0.5, 0.6) is 0 Å². The highest BCUT2D eigenvalue weighted by Gasteiger charge is 2.30. The fraction of sp³-hybridized carbons (Fsp3) is 1.00. The normalized spacial score (nSPS) is 18.6.